The van der Waals surface area contributed by atoms with Gasteiger partial charge < -0.3 is 10.1 Å². The lowest BCUT2D eigenvalue weighted by Gasteiger charge is -2.27. The summed E-state index contributed by atoms with van der Waals surface area (Å²) < 4.78 is 5.78. The highest BCUT2D eigenvalue weighted by molar-refractivity contribution is 5.94. The Morgan fingerprint density at radius 3 is 2.59 bits per heavy atom. The van der Waals surface area contributed by atoms with E-state index in [0.29, 0.717) is 5.56 Å². The summed E-state index contributed by atoms with van der Waals surface area (Å²) in [5, 5.41) is 3.25. The zero-order chi connectivity index (χ0) is 22.3. The number of carbonyl (C=O) groups is 1. The van der Waals surface area contributed by atoms with E-state index in [1.54, 1.807) is 0 Å². The fraction of sp³-hybridized carbons (Fsp3) is 0.536. The number of ether oxygens (including phenoxy) is 1. The van der Waals surface area contributed by atoms with E-state index >= 15 is 0 Å². The Balaban J connectivity index is 1.29. The molecular weight excluding hydrogens is 396 g/mol. The van der Waals surface area contributed by atoms with Gasteiger partial charge in [-0.25, -0.2) is 0 Å². The summed E-state index contributed by atoms with van der Waals surface area (Å²) >= 11 is 0. The molecule has 0 aliphatic heterocycles. The van der Waals surface area contributed by atoms with Gasteiger partial charge in [0, 0.05) is 18.2 Å². The van der Waals surface area contributed by atoms with Crippen molar-refractivity contribution in [1.29, 1.82) is 0 Å². The van der Waals surface area contributed by atoms with E-state index in [0.717, 1.165) is 50.6 Å². The van der Waals surface area contributed by atoms with Gasteiger partial charge >= 0.3 is 0 Å². The standard InChI is InChI=1S/C28H38N2O2/c1-3-5-16-30(4-2)19-22-8-9-25-18-26(13-10-24(25)17-22)29-28(31)23-11-14-27(15-12-23)32-20-21-6-7-21/h8-9,11-12,14-15,17,21,26H,3-7,10,13,16,18-20H2,1-2H3,(H,29,31)/t26-/m0/s1. The van der Waals surface area contributed by atoms with Gasteiger partial charge in [-0.2, -0.15) is 0 Å². The molecule has 0 heterocycles. The third-order valence-corrected chi connectivity index (χ3v) is 6.81. The largest absolute Gasteiger partial charge is 0.493 e. The van der Waals surface area contributed by atoms with Crippen molar-refractivity contribution >= 4 is 5.91 Å². The van der Waals surface area contributed by atoms with E-state index in [1.165, 1.54) is 48.9 Å². The molecular formula is C28H38N2O2. The minimum atomic E-state index is 0.0123. The number of nitrogens with zero attached hydrogens (tertiary/aromatic N) is 1. The van der Waals surface area contributed by atoms with Crippen LogP contribution in [0.4, 0.5) is 0 Å². The Labute approximate surface area is 193 Å². The van der Waals surface area contributed by atoms with E-state index < -0.39 is 0 Å². The lowest BCUT2D eigenvalue weighted by molar-refractivity contribution is 0.0933. The van der Waals surface area contributed by atoms with Crippen LogP contribution in [-0.2, 0) is 19.4 Å². The monoisotopic (exact) mass is 434 g/mol. The van der Waals surface area contributed by atoms with E-state index in [-0.39, 0.29) is 11.9 Å². The number of fused-ring (bicyclic) bond motifs is 1. The van der Waals surface area contributed by atoms with Crippen molar-refractivity contribution in [3.8, 4) is 5.75 Å². The minimum absolute atomic E-state index is 0.0123. The van der Waals surface area contributed by atoms with E-state index in [2.05, 4.69) is 42.3 Å². The Morgan fingerprint density at radius 2 is 1.88 bits per heavy atom. The molecule has 0 saturated heterocycles. The molecule has 1 fully saturated rings. The first-order valence-corrected chi connectivity index (χ1v) is 12.5. The lowest BCUT2D eigenvalue weighted by Crippen LogP contribution is -2.38. The van der Waals surface area contributed by atoms with Crippen molar-refractivity contribution in [3.05, 3.63) is 64.7 Å². The summed E-state index contributed by atoms with van der Waals surface area (Å²) in [7, 11) is 0. The third kappa shape index (κ3) is 6.35. The molecule has 2 aromatic carbocycles. The molecule has 1 N–H and O–H groups in total. The van der Waals surface area contributed by atoms with Crippen LogP contribution in [0.25, 0.3) is 0 Å². The van der Waals surface area contributed by atoms with Crippen LogP contribution in [0.5, 0.6) is 5.75 Å². The number of aryl methyl sites for hydroxylation is 1. The van der Waals surface area contributed by atoms with Gasteiger partial charge in [-0.05, 0) is 98.5 Å². The van der Waals surface area contributed by atoms with Crippen LogP contribution >= 0.6 is 0 Å². The summed E-state index contributed by atoms with van der Waals surface area (Å²) in [5.74, 6) is 1.60. The molecule has 2 aliphatic rings. The number of benzene rings is 2. The molecule has 0 spiro atoms. The second-order valence-electron chi connectivity index (χ2n) is 9.52. The lowest BCUT2D eigenvalue weighted by atomic mass is 9.87. The first-order valence-electron chi connectivity index (χ1n) is 12.5. The zero-order valence-electron chi connectivity index (χ0n) is 19.7. The molecule has 0 aromatic heterocycles. The molecule has 4 nitrogen and oxygen atoms in total. The molecule has 1 amide bonds. The molecule has 4 heteroatoms. The Kier molecular flexibility index (Phi) is 7.85. The van der Waals surface area contributed by atoms with Gasteiger partial charge in [0.15, 0.2) is 0 Å². The van der Waals surface area contributed by atoms with Crippen LogP contribution in [-0.4, -0.2) is 36.5 Å². The SMILES string of the molecule is CCCCN(CC)Cc1ccc2c(c1)CC[C@H](NC(=O)c1ccc(OCC3CC3)cc1)C2. The molecule has 4 rings (SSSR count). The highest BCUT2D eigenvalue weighted by Gasteiger charge is 2.23. The van der Waals surface area contributed by atoms with Crippen molar-refractivity contribution in [3.63, 3.8) is 0 Å². The van der Waals surface area contributed by atoms with E-state index in [1.807, 2.05) is 24.3 Å². The number of carbonyl (C=O) groups excluding carboxylic acids is 1. The van der Waals surface area contributed by atoms with E-state index in [9.17, 15) is 4.79 Å². The van der Waals surface area contributed by atoms with Crippen LogP contribution in [0.3, 0.4) is 0 Å². The summed E-state index contributed by atoms with van der Waals surface area (Å²) in [5.41, 5.74) is 4.95. The Hall–Kier alpha value is -2.33. The summed E-state index contributed by atoms with van der Waals surface area (Å²) in [6.45, 7) is 8.59. The minimum Gasteiger partial charge on any atom is -0.493 e. The fourth-order valence-electron chi connectivity index (χ4n) is 4.49. The Bertz CT molecular complexity index is 889. The predicted molar refractivity (Wildman–Crippen MR) is 130 cm³/mol. The smallest absolute Gasteiger partial charge is 0.251 e. The molecule has 2 aromatic rings. The van der Waals surface area contributed by atoms with Gasteiger partial charge in [0.2, 0.25) is 0 Å². The Morgan fingerprint density at radius 1 is 1.06 bits per heavy atom. The molecule has 32 heavy (non-hydrogen) atoms. The van der Waals surface area contributed by atoms with Gasteiger partial charge in [0.25, 0.3) is 5.91 Å². The van der Waals surface area contributed by atoms with Crippen molar-refractivity contribution < 1.29 is 9.53 Å². The van der Waals surface area contributed by atoms with Gasteiger partial charge in [0.1, 0.15) is 5.75 Å². The van der Waals surface area contributed by atoms with Crippen LogP contribution in [0.2, 0.25) is 0 Å². The molecule has 0 radical (unpaired) electrons. The first kappa shape index (κ1) is 22.8. The van der Waals surface area contributed by atoms with Gasteiger partial charge in [0.05, 0.1) is 6.61 Å². The molecule has 1 saturated carbocycles. The number of amides is 1. The highest BCUT2D eigenvalue weighted by Crippen LogP contribution is 2.29. The number of hydrogen-bond donors (Lipinski definition) is 1. The quantitative estimate of drug-likeness (QED) is 0.516. The van der Waals surface area contributed by atoms with Crippen molar-refractivity contribution in [2.75, 3.05) is 19.7 Å². The fourth-order valence-corrected chi connectivity index (χ4v) is 4.49. The predicted octanol–water partition coefficient (Wildman–Crippen LogP) is 5.38. The first-order chi connectivity index (χ1) is 15.6. The van der Waals surface area contributed by atoms with Gasteiger partial charge in [-0.1, -0.05) is 38.5 Å². The second kappa shape index (κ2) is 11.0. The molecule has 1 atom stereocenters. The normalized spacial score (nSPS) is 17.8. The van der Waals surface area contributed by atoms with Gasteiger partial charge in [-0.15, -0.1) is 0 Å². The topological polar surface area (TPSA) is 41.6 Å². The van der Waals surface area contributed by atoms with Crippen LogP contribution < -0.4 is 10.1 Å². The van der Waals surface area contributed by atoms with Gasteiger partial charge in [-0.3, -0.25) is 9.69 Å². The van der Waals surface area contributed by atoms with Crippen LogP contribution in [0, 0.1) is 5.92 Å². The summed E-state index contributed by atoms with van der Waals surface area (Å²) in [4.78, 5) is 15.3. The van der Waals surface area contributed by atoms with Crippen LogP contribution in [0.1, 0.15) is 73.0 Å². The van der Waals surface area contributed by atoms with E-state index in [4.69, 9.17) is 4.74 Å². The number of nitrogens with one attached hydrogen (secondary N) is 1. The maximum absolute atomic E-state index is 12.7. The summed E-state index contributed by atoms with van der Waals surface area (Å²) in [6, 6.07) is 14.7. The second-order valence-corrected chi connectivity index (χ2v) is 9.52. The average molecular weight is 435 g/mol. The molecule has 2 aliphatic carbocycles. The highest BCUT2D eigenvalue weighted by atomic mass is 16.5. The summed E-state index contributed by atoms with van der Waals surface area (Å²) in [6.07, 6.45) is 8.01. The number of unbranched alkanes of at least 4 members (excludes halogenated alkanes) is 1. The molecule has 0 unspecified atom stereocenters. The maximum atomic E-state index is 12.7. The van der Waals surface area contributed by atoms with Crippen molar-refractivity contribution in [1.82, 2.24) is 10.2 Å². The maximum Gasteiger partial charge on any atom is 0.251 e. The molecule has 0 bridgehead atoms. The zero-order valence-corrected chi connectivity index (χ0v) is 19.7. The van der Waals surface area contributed by atoms with Crippen molar-refractivity contribution in [2.45, 2.75) is 71.4 Å². The van der Waals surface area contributed by atoms with Crippen LogP contribution in [0.15, 0.2) is 42.5 Å². The number of rotatable bonds is 11. The molecule has 172 valence electrons. The average Bonchev–Trinajstić information content (AvgIpc) is 3.65. The van der Waals surface area contributed by atoms with Crippen molar-refractivity contribution in [2.24, 2.45) is 5.92 Å². The third-order valence-electron chi connectivity index (χ3n) is 6.81. The number of hydrogen-bond acceptors (Lipinski definition) is 3.